The predicted octanol–water partition coefficient (Wildman–Crippen LogP) is 1.97. The number of carbonyl (C=O) groups is 2. The number of carbonyl (C=O) groups excluding carboxylic acids is 2. The molecule has 10 heteroatoms. The normalized spacial score (nSPS) is 15.6. The molecule has 0 saturated carbocycles. The standard InChI is InChI=1S/C22H26N2O7S/c1-16-8-9-18(14-20(16)32(27,28)24-10-12-29-13-11-24)23-21(25)15-30-22(26)17(2)31-19-6-4-3-5-7-19/h3-9,14,17H,10-13,15H2,1-2H3,(H,23,25). The number of benzene rings is 2. The summed E-state index contributed by atoms with van der Waals surface area (Å²) in [6, 6.07) is 13.4. The molecule has 1 aliphatic rings. The van der Waals surface area contributed by atoms with Crippen molar-refractivity contribution >= 4 is 27.6 Å². The first-order valence-electron chi connectivity index (χ1n) is 10.1. The summed E-state index contributed by atoms with van der Waals surface area (Å²) in [4.78, 5) is 24.4. The second kappa shape index (κ2) is 10.6. The lowest BCUT2D eigenvalue weighted by molar-refractivity contribution is -0.153. The van der Waals surface area contributed by atoms with E-state index in [0.29, 0.717) is 24.5 Å². The third-order valence-electron chi connectivity index (χ3n) is 4.79. The van der Waals surface area contributed by atoms with Crippen LogP contribution in [0.4, 0.5) is 5.69 Å². The summed E-state index contributed by atoms with van der Waals surface area (Å²) in [5, 5.41) is 2.56. The molecule has 32 heavy (non-hydrogen) atoms. The fourth-order valence-corrected chi connectivity index (χ4v) is 4.74. The van der Waals surface area contributed by atoms with Crippen LogP contribution in [0.3, 0.4) is 0 Å². The molecular weight excluding hydrogens is 436 g/mol. The number of morpholine rings is 1. The van der Waals surface area contributed by atoms with Crippen molar-refractivity contribution in [1.29, 1.82) is 0 Å². The number of hydrogen-bond acceptors (Lipinski definition) is 7. The highest BCUT2D eigenvalue weighted by molar-refractivity contribution is 7.89. The largest absolute Gasteiger partial charge is 0.479 e. The van der Waals surface area contributed by atoms with Crippen LogP contribution in [0.5, 0.6) is 5.75 Å². The summed E-state index contributed by atoms with van der Waals surface area (Å²) in [6.45, 7) is 3.92. The lowest BCUT2D eigenvalue weighted by Crippen LogP contribution is -2.40. The van der Waals surface area contributed by atoms with Crippen molar-refractivity contribution in [3.05, 3.63) is 54.1 Å². The van der Waals surface area contributed by atoms with Gasteiger partial charge in [0.15, 0.2) is 12.7 Å². The molecule has 0 aliphatic carbocycles. The Morgan fingerprint density at radius 3 is 2.50 bits per heavy atom. The molecule has 0 radical (unpaired) electrons. The molecule has 1 N–H and O–H groups in total. The molecule has 1 fully saturated rings. The molecule has 1 atom stereocenters. The molecule has 3 rings (SSSR count). The van der Waals surface area contributed by atoms with Gasteiger partial charge in [0.05, 0.1) is 18.1 Å². The van der Waals surface area contributed by atoms with Crippen molar-refractivity contribution in [2.75, 3.05) is 38.2 Å². The monoisotopic (exact) mass is 462 g/mol. The maximum absolute atomic E-state index is 13.0. The van der Waals surface area contributed by atoms with E-state index in [4.69, 9.17) is 14.2 Å². The van der Waals surface area contributed by atoms with Crippen LogP contribution in [0.2, 0.25) is 0 Å². The lowest BCUT2D eigenvalue weighted by atomic mass is 10.2. The van der Waals surface area contributed by atoms with Gasteiger partial charge in [-0.15, -0.1) is 0 Å². The van der Waals surface area contributed by atoms with Gasteiger partial charge in [-0.1, -0.05) is 24.3 Å². The van der Waals surface area contributed by atoms with Crippen LogP contribution in [-0.4, -0.2) is 63.6 Å². The molecule has 1 unspecified atom stereocenters. The van der Waals surface area contributed by atoms with E-state index < -0.39 is 34.6 Å². The van der Waals surface area contributed by atoms with Gasteiger partial charge >= 0.3 is 5.97 Å². The Balaban J connectivity index is 1.58. The number of nitrogens with zero attached hydrogens (tertiary/aromatic N) is 1. The van der Waals surface area contributed by atoms with Gasteiger partial charge in [0.1, 0.15) is 5.75 Å². The summed E-state index contributed by atoms with van der Waals surface area (Å²) in [5.41, 5.74) is 0.852. The number of rotatable bonds is 8. The third-order valence-corrected chi connectivity index (χ3v) is 6.83. The zero-order valence-corrected chi connectivity index (χ0v) is 18.8. The number of hydrogen-bond donors (Lipinski definition) is 1. The van der Waals surface area contributed by atoms with Crippen molar-refractivity contribution in [2.24, 2.45) is 0 Å². The van der Waals surface area contributed by atoms with Gasteiger partial charge in [-0.2, -0.15) is 4.31 Å². The molecule has 9 nitrogen and oxygen atoms in total. The van der Waals surface area contributed by atoms with Gasteiger partial charge in [0.25, 0.3) is 5.91 Å². The van der Waals surface area contributed by atoms with Gasteiger partial charge in [-0.25, -0.2) is 13.2 Å². The van der Waals surface area contributed by atoms with E-state index in [1.54, 1.807) is 43.3 Å². The minimum atomic E-state index is -3.72. The van der Waals surface area contributed by atoms with Gasteiger partial charge in [-0.05, 0) is 43.7 Å². The lowest BCUT2D eigenvalue weighted by Gasteiger charge is -2.26. The van der Waals surface area contributed by atoms with Crippen LogP contribution in [0, 0.1) is 6.92 Å². The minimum absolute atomic E-state index is 0.110. The first-order chi connectivity index (χ1) is 15.3. The topological polar surface area (TPSA) is 111 Å². The molecular formula is C22H26N2O7S. The number of ether oxygens (including phenoxy) is 3. The summed E-state index contributed by atoms with van der Waals surface area (Å²) in [5.74, 6) is -0.776. The molecule has 1 aliphatic heterocycles. The summed E-state index contributed by atoms with van der Waals surface area (Å²) in [6.07, 6.45) is -0.894. The summed E-state index contributed by atoms with van der Waals surface area (Å²) >= 11 is 0. The fourth-order valence-electron chi connectivity index (χ4n) is 3.08. The fraction of sp³-hybridized carbons (Fsp3) is 0.364. The molecule has 1 saturated heterocycles. The average Bonchev–Trinajstić information content (AvgIpc) is 2.80. The molecule has 1 heterocycles. The number of amides is 1. The third kappa shape index (κ3) is 6.06. The van der Waals surface area contributed by atoms with Gasteiger partial charge < -0.3 is 19.5 Å². The second-order valence-corrected chi connectivity index (χ2v) is 9.13. The van der Waals surface area contributed by atoms with E-state index in [0.717, 1.165) is 0 Å². The quantitative estimate of drug-likeness (QED) is 0.597. The van der Waals surface area contributed by atoms with E-state index in [2.05, 4.69) is 5.32 Å². The van der Waals surface area contributed by atoms with Gasteiger partial charge in [0.2, 0.25) is 10.0 Å². The van der Waals surface area contributed by atoms with Crippen LogP contribution < -0.4 is 10.1 Å². The maximum atomic E-state index is 13.0. The van der Waals surface area contributed by atoms with Crippen LogP contribution in [0.15, 0.2) is 53.4 Å². The van der Waals surface area contributed by atoms with E-state index in [9.17, 15) is 18.0 Å². The highest BCUT2D eigenvalue weighted by Gasteiger charge is 2.28. The average molecular weight is 463 g/mol. The second-order valence-electron chi connectivity index (χ2n) is 7.23. The predicted molar refractivity (Wildman–Crippen MR) is 117 cm³/mol. The first kappa shape index (κ1) is 23.7. The van der Waals surface area contributed by atoms with Gasteiger partial charge in [-0.3, -0.25) is 4.79 Å². The molecule has 172 valence electrons. The van der Waals surface area contributed by atoms with Crippen molar-refractivity contribution < 1.29 is 32.2 Å². The molecule has 0 spiro atoms. The molecule has 0 aromatic heterocycles. The van der Waals surface area contributed by atoms with E-state index in [-0.39, 0.29) is 23.7 Å². The number of para-hydroxylation sites is 1. The molecule has 1 amide bonds. The Morgan fingerprint density at radius 2 is 1.81 bits per heavy atom. The zero-order chi connectivity index (χ0) is 23.1. The Hall–Kier alpha value is -2.95. The van der Waals surface area contributed by atoms with E-state index in [1.807, 2.05) is 6.07 Å². The van der Waals surface area contributed by atoms with Crippen LogP contribution in [0.1, 0.15) is 12.5 Å². The summed E-state index contributed by atoms with van der Waals surface area (Å²) in [7, 11) is -3.72. The Labute approximate surface area is 187 Å². The Bertz CT molecular complexity index is 1050. The SMILES string of the molecule is Cc1ccc(NC(=O)COC(=O)C(C)Oc2ccccc2)cc1S(=O)(=O)N1CCOCC1. The number of nitrogens with one attached hydrogen (secondary N) is 1. The van der Waals surface area contributed by atoms with Gasteiger partial charge in [0, 0.05) is 18.8 Å². The first-order valence-corrected chi connectivity index (χ1v) is 11.6. The Morgan fingerprint density at radius 1 is 1.12 bits per heavy atom. The number of esters is 1. The smallest absolute Gasteiger partial charge is 0.347 e. The van der Waals surface area contributed by atoms with E-state index >= 15 is 0 Å². The van der Waals surface area contributed by atoms with Crippen molar-refractivity contribution in [3.63, 3.8) is 0 Å². The number of anilines is 1. The maximum Gasteiger partial charge on any atom is 0.347 e. The molecule has 2 aromatic rings. The number of sulfonamides is 1. The van der Waals surface area contributed by atoms with Crippen molar-refractivity contribution in [2.45, 2.75) is 24.8 Å². The molecule has 2 aromatic carbocycles. The highest BCUT2D eigenvalue weighted by atomic mass is 32.2. The van der Waals surface area contributed by atoms with Crippen LogP contribution in [0.25, 0.3) is 0 Å². The highest BCUT2D eigenvalue weighted by Crippen LogP contribution is 2.24. The summed E-state index contributed by atoms with van der Waals surface area (Å²) < 4.78 is 43.0. The number of aryl methyl sites for hydroxylation is 1. The zero-order valence-electron chi connectivity index (χ0n) is 17.9. The molecule has 0 bridgehead atoms. The van der Waals surface area contributed by atoms with Crippen molar-refractivity contribution in [3.8, 4) is 5.75 Å². The van der Waals surface area contributed by atoms with E-state index in [1.165, 1.54) is 17.3 Å². The Kier molecular flexibility index (Phi) is 7.84. The van der Waals surface area contributed by atoms with Crippen molar-refractivity contribution in [1.82, 2.24) is 4.31 Å². The van der Waals surface area contributed by atoms with Crippen LogP contribution >= 0.6 is 0 Å². The van der Waals surface area contributed by atoms with Crippen LogP contribution in [-0.2, 0) is 29.1 Å². The minimum Gasteiger partial charge on any atom is -0.479 e.